The van der Waals surface area contributed by atoms with Gasteiger partial charge in [0.25, 0.3) is 0 Å². The Morgan fingerprint density at radius 3 is 2.80 bits per heavy atom. The van der Waals surface area contributed by atoms with Crippen LogP contribution in [0.5, 0.6) is 0 Å². The van der Waals surface area contributed by atoms with E-state index in [2.05, 4.69) is 0 Å². The molecule has 0 N–H and O–H groups in total. The van der Waals surface area contributed by atoms with E-state index in [4.69, 9.17) is 16.0 Å². The Kier molecular flexibility index (Phi) is 2.60. The van der Waals surface area contributed by atoms with Gasteiger partial charge in [-0.05, 0) is 24.6 Å². The summed E-state index contributed by atoms with van der Waals surface area (Å²) in [5.41, 5.74) is 1.92. The van der Waals surface area contributed by atoms with Crippen molar-refractivity contribution in [2.24, 2.45) is 0 Å². The number of carbonyl (C=O) groups is 1. The van der Waals surface area contributed by atoms with Gasteiger partial charge in [0.1, 0.15) is 6.26 Å². The Labute approximate surface area is 92.5 Å². The zero-order valence-electron chi connectivity index (χ0n) is 8.16. The molecule has 1 aromatic heterocycles. The van der Waals surface area contributed by atoms with Crippen LogP contribution in [0.25, 0.3) is 0 Å². The number of hydrogen-bond acceptors (Lipinski definition) is 2. The maximum absolute atomic E-state index is 11.9. The van der Waals surface area contributed by atoms with E-state index >= 15 is 0 Å². The van der Waals surface area contributed by atoms with Gasteiger partial charge in [0.2, 0.25) is 0 Å². The Morgan fingerprint density at radius 1 is 1.33 bits per heavy atom. The highest BCUT2D eigenvalue weighted by Crippen LogP contribution is 2.23. The number of ketones is 1. The highest BCUT2D eigenvalue weighted by Gasteiger charge is 2.14. The Morgan fingerprint density at radius 2 is 2.13 bits per heavy atom. The molecule has 2 aromatic rings. The number of halogens is 1. The Bertz CT molecular complexity index is 486. The average molecular weight is 221 g/mol. The third-order valence-electron chi connectivity index (χ3n) is 2.22. The van der Waals surface area contributed by atoms with Crippen LogP contribution in [0.15, 0.2) is 41.2 Å². The van der Waals surface area contributed by atoms with Crippen molar-refractivity contribution in [3.8, 4) is 0 Å². The molecule has 15 heavy (non-hydrogen) atoms. The largest absolute Gasteiger partial charge is 0.472 e. The van der Waals surface area contributed by atoms with E-state index in [1.165, 1.54) is 12.5 Å². The molecule has 0 atom stereocenters. The summed E-state index contributed by atoms with van der Waals surface area (Å²) in [7, 11) is 0. The highest BCUT2D eigenvalue weighted by atomic mass is 35.5. The topological polar surface area (TPSA) is 30.2 Å². The lowest BCUT2D eigenvalue weighted by Gasteiger charge is -2.03. The summed E-state index contributed by atoms with van der Waals surface area (Å²) in [6, 6.07) is 7.02. The third-order valence-corrected chi connectivity index (χ3v) is 2.72. The van der Waals surface area contributed by atoms with Crippen molar-refractivity contribution in [1.82, 2.24) is 0 Å². The summed E-state index contributed by atoms with van der Waals surface area (Å²) in [5.74, 6) is -0.113. The van der Waals surface area contributed by atoms with Gasteiger partial charge in [-0.3, -0.25) is 4.79 Å². The predicted molar refractivity (Wildman–Crippen MR) is 58.3 cm³/mol. The molecule has 2 nitrogen and oxygen atoms in total. The number of aryl methyl sites for hydroxylation is 1. The molecule has 0 saturated carbocycles. The van der Waals surface area contributed by atoms with Gasteiger partial charge < -0.3 is 4.42 Å². The summed E-state index contributed by atoms with van der Waals surface area (Å²) in [5, 5.41) is 0.503. The van der Waals surface area contributed by atoms with Crippen molar-refractivity contribution < 1.29 is 9.21 Å². The van der Waals surface area contributed by atoms with Crippen molar-refractivity contribution >= 4 is 17.4 Å². The fraction of sp³-hybridized carbons (Fsp3) is 0.0833. The van der Waals surface area contributed by atoms with Crippen LogP contribution in [-0.4, -0.2) is 5.78 Å². The standard InChI is InChI=1S/C12H9ClO2/c1-8-3-2-4-10(11(8)13)12(14)9-5-6-15-7-9/h2-7H,1H3. The smallest absolute Gasteiger partial charge is 0.197 e. The van der Waals surface area contributed by atoms with E-state index in [1.807, 2.05) is 19.1 Å². The normalized spacial score (nSPS) is 10.3. The number of carbonyl (C=O) groups excluding carboxylic acids is 1. The second-order valence-corrected chi connectivity index (χ2v) is 3.66. The first kappa shape index (κ1) is 9.99. The minimum Gasteiger partial charge on any atom is -0.472 e. The number of benzene rings is 1. The van der Waals surface area contributed by atoms with E-state index in [9.17, 15) is 4.79 Å². The van der Waals surface area contributed by atoms with E-state index in [1.54, 1.807) is 12.1 Å². The fourth-order valence-electron chi connectivity index (χ4n) is 1.37. The van der Waals surface area contributed by atoms with E-state index in [0.29, 0.717) is 16.1 Å². The van der Waals surface area contributed by atoms with Crippen molar-refractivity contribution in [2.45, 2.75) is 6.92 Å². The maximum Gasteiger partial charge on any atom is 0.197 e. The number of furan rings is 1. The number of hydrogen-bond donors (Lipinski definition) is 0. The van der Waals surface area contributed by atoms with Gasteiger partial charge in [-0.2, -0.15) is 0 Å². The molecule has 0 bridgehead atoms. The van der Waals surface area contributed by atoms with Gasteiger partial charge in [-0.1, -0.05) is 23.7 Å². The first-order valence-corrected chi connectivity index (χ1v) is 4.90. The number of rotatable bonds is 2. The lowest BCUT2D eigenvalue weighted by Crippen LogP contribution is -2.01. The molecule has 0 aliphatic heterocycles. The molecule has 0 fully saturated rings. The molecule has 0 aliphatic rings. The molecule has 0 unspecified atom stereocenters. The summed E-state index contributed by atoms with van der Waals surface area (Å²) >= 11 is 6.05. The molecule has 0 radical (unpaired) electrons. The first-order valence-electron chi connectivity index (χ1n) is 4.52. The summed E-state index contributed by atoms with van der Waals surface area (Å²) in [4.78, 5) is 11.9. The molecular formula is C12H9ClO2. The predicted octanol–water partition coefficient (Wildman–Crippen LogP) is 3.47. The molecule has 0 spiro atoms. The molecule has 3 heteroatoms. The summed E-state index contributed by atoms with van der Waals surface area (Å²) in [6.07, 6.45) is 2.89. The third kappa shape index (κ3) is 1.81. The molecule has 76 valence electrons. The lowest BCUT2D eigenvalue weighted by molar-refractivity contribution is 0.103. The minimum absolute atomic E-state index is 0.113. The summed E-state index contributed by atoms with van der Waals surface area (Å²) in [6.45, 7) is 1.87. The van der Waals surface area contributed by atoms with Crippen LogP contribution in [0.4, 0.5) is 0 Å². The van der Waals surface area contributed by atoms with Gasteiger partial charge in [0, 0.05) is 5.56 Å². The lowest BCUT2D eigenvalue weighted by atomic mass is 10.0. The van der Waals surface area contributed by atoms with Gasteiger partial charge in [0.15, 0.2) is 5.78 Å². The Hall–Kier alpha value is -1.54. The molecule has 1 heterocycles. The second kappa shape index (κ2) is 3.91. The zero-order chi connectivity index (χ0) is 10.8. The molecular weight excluding hydrogens is 212 g/mol. The van der Waals surface area contributed by atoms with Gasteiger partial charge >= 0.3 is 0 Å². The van der Waals surface area contributed by atoms with Crippen LogP contribution >= 0.6 is 11.6 Å². The highest BCUT2D eigenvalue weighted by molar-refractivity contribution is 6.35. The van der Waals surface area contributed by atoms with Crippen molar-refractivity contribution in [1.29, 1.82) is 0 Å². The first-order chi connectivity index (χ1) is 7.20. The van der Waals surface area contributed by atoms with Crippen LogP contribution < -0.4 is 0 Å². The van der Waals surface area contributed by atoms with Crippen molar-refractivity contribution in [3.05, 3.63) is 58.5 Å². The van der Waals surface area contributed by atoms with Gasteiger partial charge in [-0.15, -0.1) is 0 Å². The Balaban J connectivity index is 2.47. The molecule has 0 saturated heterocycles. The van der Waals surface area contributed by atoms with Crippen LogP contribution in [0.1, 0.15) is 21.5 Å². The maximum atomic E-state index is 11.9. The van der Waals surface area contributed by atoms with Crippen LogP contribution in [0, 0.1) is 6.92 Å². The SMILES string of the molecule is Cc1cccc(C(=O)c2ccoc2)c1Cl. The van der Waals surface area contributed by atoms with Crippen LogP contribution in [0.2, 0.25) is 5.02 Å². The quantitative estimate of drug-likeness (QED) is 0.726. The van der Waals surface area contributed by atoms with Crippen LogP contribution in [0.3, 0.4) is 0 Å². The molecule has 2 rings (SSSR count). The molecule has 1 aromatic carbocycles. The monoisotopic (exact) mass is 220 g/mol. The zero-order valence-corrected chi connectivity index (χ0v) is 8.91. The molecule has 0 aliphatic carbocycles. The molecule has 0 amide bonds. The van der Waals surface area contributed by atoms with Gasteiger partial charge in [0.05, 0.1) is 16.8 Å². The summed E-state index contributed by atoms with van der Waals surface area (Å²) < 4.78 is 4.86. The van der Waals surface area contributed by atoms with Crippen LogP contribution in [-0.2, 0) is 0 Å². The van der Waals surface area contributed by atoms with E-state index < -0.39 is 0 Å². The minimum atomic E-state index is -0.113. The fourth-order valence-corrected chi connectivity index (χ4v) is 1.58. The average Bonchev–Trinajstić information content (AvgIpc) is 2.74. The van der Waals surface area contributed by atoms with E-state index in [0.717, 1.165) is 5.56 Å². The van der Waals surface area contributed by atoms with Crippen molar-refractivity contribution in [3.63, 3.8) is 0 Å². The van der Waals surface area contributed by atoms with E-state index in [-0.39, 0.29) is 5.78 Å². The van der Waals surface area contributed by atoms with Crippen molar-refractivity contribution in [2.75, 3.05) is 0 Å². The second-order valence-electron chi connectivity index (χ2n) is 3.28. The van der Waals surface area contributed by atoms with Gasteiger partial charge in [-0.25, -0.2) is 0 Å².